The number of benzene rings is 1. The van der Waals surface area contributed by atoms with Gasteiger partial charge in [-0.2, -0.15) is 0 Å². The van der Waals surface area contributed by atoms with Gasteiger partial charge >= 0.3 is 5.97 Å². The van der Waals surface area contributed by atoms with Crippen LogP contribution in [-0.4, -0.2) is 77.7 Å². The van der Waals surface area contributed by atoms with E-state index in [1.807, 2.05) is 49.0 Å². The monoisotopic (exact) mass is 456 g/mol. The number of piperidine rings is 1. The number of carbonyl (C=O) groups is 1. The lowest BCUT2D eigenvalue weighted by Crippen LogP contribution is -2.54. The van der Waals surface area contributed by atoms with Crippen molar-refractivity contribution in [3.63, 3.8) is 0 Å². The standard InChI is InChI=1S/C25H36N4O4/c1-19-22(25(31)29(26(19)2)21-7-5-4-6-8-21)18-27-12-11-23(28-13-15-33-16-14-28)20(17-27)9-10-24(30)32-3/h4-8,20,23H,9-18H2,1-3H3/t20-,23+/m1/s1. The van der Waals surface area contributed by atoms with Crippen LogP contribution in [0.1, 0.15) is 30.5 Å². The van der Waals surface area contributed by atoms with Gasteiger partial charge in [-0.15, -0.1) is 0 Å². The summed E-state index contributed by atoms with van der Waals surface area (Å²) in [5, 5.41) is 0. The van der Waals surface area contributed by atoms with Crippen molar-refractivity contribution in [1.29, 1.82) is 0 Å². The van der Waals surface area contributed by atoms with Gasteiger partial charge in [0.15, 0.2) is 0 Å². The molecule has 1 aromatic carbocycles. The van der Waals surface area contributed by atoms with Gasteiger partial charge in [0.05, 0.1) is 31.6 Å². The normalized spacial score (nSPS) is 22.4. The van der Waals surface area contributed by atoms with Crippen molar-refractivity contribution in [3.8, 4) is 5.69 Å². The molecule has 180 valence electrons. The molecule has 0 bridgehead atoms. The molecule has 0 saturated carbocycles. The van der Waals surface area contributed by atoms with Gasteiger partial charge in [-0.1, -0.05) is 18.2 Å². The highest BCUT2D eigenvalue weighted by Gasteiger charge is 2.35. The number of carbonyl (C=O) groups excluding carboxylic acids is 1. The van der Waals surface area contributed by atoms with Crippen molar-refractivity contribution >= 4 is 5.97 Å². The van der Waals surface area contributed by atoms with E-state index < -0.39 is 0 Å². The van der Waals surface area contributed by atoms with E-state index in [1.54, 1.807) is 4.68 Å². The van der Waals surface area contributed by atoms with E-state index in [-0.39, 0.29) is 11.5 Å². The first-order valence-electron chi connectivity index (χ1n) is 11.9. The second-order valence-electron chi connectivity index (χ2n) is 9.15. The average Bonchev–Trinajstić information content (AvgIpc) is 3.06. The summed E-state index contributed by atoms with van der Waals surface area (Å²) in [7, 11) is 3.39. The summed E-state index contributed by atoms with van der Waals surface area (Å²) in [4.78, 5) is 30.1. The topological polar surface area (TPSA) is 68.9 Å². The number of methoxy groups -OCH3 is 1. The molecule has 2 aliphatic rings. The van der Waals surface area contributed by atoms with Crippen molar-refractivity contribution < 1.29 is 14.3 Å². The summed E-state index contributed by atoms with van der Waals surface area (Å²) in [5.74, 6) is 0.203. The van der Waals surface area contributed by atoms with Crippen molar-refractivity contribution in [1.82, 2.24) is 19.2 Å². The van der Waals surface area contributed by atoms with Crippen LogP contribution in [0.5, 0.6) is 0 Å². The lowest BCUT2D eigenvalue weighted by molar-refractivity contribution is -0.141. The molecule has 2 fully saturated rings. The molecule has 2 aromatic rings. The molecular formula is C25H36N4O4. The van der Waals surface area contributed by atoms with Gasteiger partial charge in [-0.3, -0.25) is 24.1 Å². The molecule has 0 amide bonds. The Kier molecular flexibility index (Phi) is 7.67. The Bertz CT molecular complexity index is 994. The molecule has 3 heterocycles. The van der Waals surface area contributed by atoms with E-state index in [9.17, 15) is 9.59 Å². The third-order valence-electron chi connectivity index (χ3n) is 7.29. The molecule has 2 saturated heterocycles. The van der Waals surface area contributed by atoms with E-state index in [1.165, 1.54) is 7.11 Å². The summed E-state index contributed by atoms with van der Waals surface area (Å²) >= 11 is 0. The highest BCUT2D eigenvalue weighted by Crippen LogP contribution is 2.28. The predicted octanol–water partition coefficient (Wildman–Crippen LogP) is 1.96. The van der Waals surface area contributed by atoms with Crippen LogP contribution in [0.25, 0.3) is 5.69 Å². The first kappa shape index (κ1) is 23.7. The van der Waals surface area contributed by atoms with Gasteiger partial charge in [0.1, 0.15) is 0 Å². The fraction of sp³-hybridized carbons (Fsp3) is 0.600. The van der Waals surface area contributed by atoms with Crippen molar-refractivity contribution in [3.05, 3.63) is 51.9 Å². The number of rotatable bonds is 7. The van der Waals surface area contributed by atoms with Gasteiger partial charge in [-0.25, -0.2) is 4.68 Å². The van der Waals surface area contributed by atoms with Crippen LogP contribution in [0, 0.1) is 12.8 Å². The SMILES string of the molecule is COC(=O)CC[C@@H]1CN(Cc2c(C)n(C)n(-c3ccccc3)c2=O)CC[C@@H]1N1CCOCC1. The quantitative estimate of drug-likeness (QED) is 0.594. The zero-order valence-corrected chi connectivity index (χ0v) is 20.0. The Labute approximate surface area is 195 Å². The average molecular weight is 457 g/mol. The molecule has 4 rings (SSSR count). The van der Waals surface area contributed by atoms with Crippen LogP contribution in [0.3, 0.4) is 0 Å². The largest absolute Gasteiger partial charge is 0.469 e. The highest BCUT2D eigenvalue weighted by molar-refractivity contribution is 5.69. The molecule has 2 aliphatic heterocycles. The molecule has 8 nitrogen and oxygen atoms in total. The molecular weight excluding hydrogens is 420 g/mol. The van der Waals surface area contributed by atoms with Crippen molar-refractivity contribution in [2.75, 3.05) is 46.5 Å². The van der Waals surface area contributed by atoms with Gasteiger partial charge in [0.2, 0.25) is 0 Å². The number of ether oxygens (including phenoxy) is 2. The van der Waals surface area contributed by atoms with Crippen LogP contribution >= 0.6 is 0 Å². The van der Waals surface area contributed by atoms with Crippen LogP contribution in [0.2, 0.25) is 0 Å². The number of morpholine rings is 1. The smallest absolute Gasteiger partial charge is 0.305 e. The number of likely N-dealkylation sites (tertiary alicyclic amines) is 1. The van der Waals surface area contributed by atoms with Crippen LogP contribution < -0.4 is 5.56 Å². The molecule has 0 radical (unpaired) electrons. The minimum absolute atomic E-state index is 0.0441. The Balaban J connectivity index is 1.52. The minimum Gasteiger partial charge on any atom is -0.469 e. The zero-order valence-electron chi connectivity index (χ0n) is 20.0. The molecule has 0 unspecified atom stereocenters. The third-order valence-corrected chi connectivity index (χ3v) is 7.29. The van der Waals surface area contributed by atoms with Crippen LogP contribution in [0.4, 0.5) is 0 Å². The Hall–Kier alpha value is -2.42. The number of para-hydroxylation sites is 1. The molecule has 1 aromatic heterocycles. The highest BCUT2D eigenvalue weighted by atomic mass is 16.5. The predicted molar refractivity (Wildman–Crippen MR) is 127 cm³/mol. The van der Waals surface area contributed by atoms with Crippen molar-refractivity contribution in [2.45, 2.75) is 38.8 Å². The van der Waals surface area contributed by atoms with Crippen LogP contribution in [-0.2, 0) is 27.9 Å². The zero-order chi connectivity index (χ0) is 23.4. The second kappa shape index (κ2) is 10.7. The number of nitrogens with zero attached hydrogens (tertiary/aromatic N) is 4. The molecule has 2 atom stereocenters. The third kappa shape index (κ3) is 5.23. The number of aromatic nitrogens is 2. The van der Waals surface area contributed by atoms with E-state index in [0.29, 0.717) is 24.9 Å². The fourth-order valence-corrected chi connectivity index (χ4v) is 5.35. The Morgan fingerprint density at radius 2 is 1.88 bits per heavy atom. The molecule has 33 heavy (non-hydrogen) atoms. The summed E-state index contributed by atoms with van der Waals surface area (Å²) in [6, 6.07) is 10.2. The number of hydrogen-bond acceptors (Lipinski definition) is 6. The molecule has 0 aliphatic carbocycles. The van der Waals surface area contributed by atoms with Gasteiger partial charge in [0, 0.05) is 57.9 Å². The molecule has 0 spiro atoms. The summed E-state index contributed by atoms with van der Waals surface area (Å²) in [6.07, 6.45) is 2.26. The second-order valence-corrected chi connectivity index (χ2v) is 9.15. The van der Waals surface area contributed by atoms with Crippen molar-refractivity contribution in [2.24, 2.45) is 13.0 Å². The van der Waals surface area contributed by atoms with E-state index >= 15 is 0 Å². The van der Waals surface area contributed by atoms with E-state index in [0.717, 1.165) is 69.2 Å². The van der Waals surface area contributed by atoms with Gasteiger partial charge in [0.25, 0.3) is 5.56 Å². The molecule has 8 heteroatoms. The first-order valence-corrected chi connectivity index (χ1v) is 11.9. The maximum atomic E-state index is 13.4. The fourth-order valence-electron chi connectivity index (χ4n) is 5.35. The minimum atomic E-state index is -0.155. The van der Waals surface area contributed by atoms with E-state index in [4.69, 9.17) is 9.47 Å². The van der Waals surface area contributed by atoms with Gasteiger partial charge < -0.3 is 9.47 Å². The lowest BCUT2D eigenvalue weighted by atomic mass is 9.86. The lowest BCUT2D eigenvalue weighted by Gasteiger charge is -2.45. The summed E-state index contributed by atoms with van der Waals surface area (Å²) < 4.78 is 14.1. The van der Waals surface area contributed by atoms with Gasteiger partial charge in [-0.05, 0) is 37.8 Å². The maximum Gasteiger partial charge on any atom is 0.305 e. The number of hydrogen-bond donors (Lipinski definition) is 0. The number of esters is 1. The Morgan fingerprint density at radius 1 is 1.15 bits per heavy atom. The maximum absolute atomic E-state index is 13.4. The molecule has 0 N–H and O–H groups in total. The Morgan fingerprint density at radius 3 is 2.58 bits per heavy atom. The summed E-state index contributed by atoms with van der Waals surface area (Å²) in [6.45, 7) is 7.89. The van der Waals surface area contributed by atoms with Crippen LogP contribution in [0.15, 0.2) is 35.1 Å². The summed E-state index contributed by atoms with van der Waals surface area (Å²) in [5.41, 5.74) is 2.76. The van der Waals surface area contributed by atoms with E-state index in [2.05, 4.69) is 9.80 Å². The first-order chi connectivity index (χ1) is 16.0.